The third-order valence-electron chi connectivity index (χ3n) is 2.83. The minimum Gasteiger partial charge on any atom is -0.497 e. The number of ether oxygens (including phenoxy) is 1. The Balaban J connectivity index is 2.14. The highest BCUT2D eigenvalue weighted by Gasteiger charge is 2.07. The summed E-state index contributed by atoms with van der Waals surface area (Å²) in [6, 6.07) is 11.8. The highest BCUT2D eigenvalue weighted by Crippen LogP contribution is 2.28. The van der Waals surface area contributed by atoms with Crippen LogP contribution in [0, 0.1) is 0 Å². The van der Waals surface area contributed by atoms with Crippen molar-refractivity contribution in [2.45, 2.75) is 0 Å². The predicted octanol–water partition coefficient (Wildman–Crippen LogP) is 4.76. The maximum Gasteiger partial charge on any atom is 0.138 e. The minimum absolute atomic E-state index is 0.818. The summed E-state index contributed by atoms with van der Waals surface area (Å²) in [6.07, 6.45) is 0. The molecular weight excluding hydrogens is 372 g/mol. The standard InChI is InChI=1S/C14H10Br2N2O/c1-19-11-2-3-12-13(7-11)18-14(17-12)8-4-9(15)6-10(16)5-8/h2-7H,1H3,(H,17,18). The first kappa shape index (κ1) is 12.7. The fourth-order valence-corrected chi connectivity index (χ4v) is 3.24. The molecule has 5 heteroatoms. The van der Waals surface area contributed by atoms with E-state index < -0.39 is 0 Å². The Morgan fingerprint density at radius 2 is 1.79 bits per heavy atom. The highest BCUT2D eigenvalue weighted by molar-refractivity contribution is 9.11. The quantitative estimate of drug-likeness (QED) is 0.694. The minimum atomic E-state index is 0.818. The molecule has 0 aliphatic heterocycles. The average molecular weight is 382 g/mol. The lowest BCUT2D eigenvalue weighted by Gasteiger charge is -1.99. The van der Waals surface area contributed by atoms with E-state index in [9.17, 15) is 0 Å². The number of imidazole rings is 1. The zero-order valence-electron chi connectivity index (χ0n) is 10.1. The van der Waals surface area contributed by atoms with Crippen molar-refractivity contribution >= 4 is 42.9 Å². The molecule has 3 aromatic rings. The van der Waals surface area contributed by atoms with Crippen LogP contribution >= 0.6 is 31.9 Å². The third kappa shape index (κ3) is 2.53. The molecule has 19 heavy (non-hydrogen) atoms. The van der Waals surface area contributed by atoms with Gasteiger partial charge in [-0.25, -0.2) is 4.98 Å². The second-order valence-electron chi connectivity index (χ2n) is 4.13. The van der Waals surface area contributed by atoms with Gasteiger partial charge in [-0.15, -0.1) is 0 Å². The van der Waals surface area contributed by atoms with E-state index in [-0.39, 0.29) is 0 Å². The molecule has 0 unspecified atom stereocenters. The highest BCUT2D eigenvalue weighted by atomic mass is 79.9. The number of nitrogens with one attached hydrogen (secondary N) is 1. The Kier molecular flexibility index (Phi) is 3.33. The van der Waals surface area contributed by atoms with Gasteiger partial charge in [0.25, 0.3) is 0 Å². The van der Waals surface area contributed by atoms with Crippen molar-refractivity contribution in [3.63, 3.8) is 0 Å². The summed E-state index contributed by atoms with van der Waals surface area (Å²) in [6.45, 7) is 0. The lowest BCUT2D eigenvalue weighted by atomic mass is 10.2. The maximum atomic E-state index is 5.21. The smallest absolute Gasteiger partial charge is 0.138 e. The SMILES string of the molecule is COc1ccc2nc(-c3cc(Br)cc(Br)c3)[nH]c2c1. The molecule has 0 spiro atoms. The molecule has 3 rings (SSSR count). The summed E-state index contributed by atoms with van der Waals surface area (Å²) < 4.78 is 7.23. The van der Waals surface area contributed by atoms with Gasteiger partial charge in [-0.3, -0.25) is 0 Å². The number of H-pyrrole nitrogens is 1. The van der Waals surface area contributed by atoms with Gasteiger partial charge in [-0.2, -0.15) is 0 Å². The summed E-state index contributed by atoms with van der Waals surface area (Å²) in [5.74, 6) is 1.66. The molecule has 2 aromatic carbocycles. The molecule has 1 heterocycles. The van der Waals surface area contributed by atoms with Crippen LogP contribution in [0.4, 0.5) is 0 Å². The van der Waals surface area contributed by atoms with Crippen molar-refractivity contribution in [3.05, 3.63) is 45.3 Å². The molecule has 0 fully saturated rings. The zero-order valence-corrected chi connectivity index (χ0v) is 13.2. The van der Waals surface area contributed by atoms with E-state index >= 15 is 0 Å². The van der Waals surface area contributed by atoms with Crippen molar-refractivity contribution in [1.29, 1.82) is 0 Å². The van der Waals surface area contributed by atoms with Crippen molar-refractivity contribution < 1.29 is 4.74 Å². The molecule has 3 nitrogen and oxygen atoms in total. The van der Waals surface area contributed by atoms with Crippen LogP contribution in [-0.4, -0.2) is 17.1 Å². The van der Waals surface area contributed by atoms with Crippen molar-refractivity contribution in [2.24, 2.45) is 0 Å². The van der Waals surface area contributed by atoms with Crippen molar-refractivity contribution in [3.8, 4) is 17.1 Å². The van der Waals surface area contributed by atoms with E-state index in [1.165, 1.54) is 0 Å². The van der Waals surface area contributed by atoms with Gasteiger partial charge in [-0.05, 0) is 30.3 Å². The number of halogens is 2. The van der Waals surface area contributed by atoms with Gasteiger partial charge in [0, 0.05) is 20.6 Å². The Morgan fingerprint density at radius 3 is 2.47 bits per heavy atom. The molecule has 0 radical (unpaired) electrons. The van der Waals surface area contributed by atoms with E-state index in [1.54, 1.807) is 7.11 Å². The lowest BCUT2D eigenvalue weighted by Crippen LogP contribution is -1.81. The lowest BCUT2D eigenvalue weighted by molar-refractivity contribution is 0.415. The van der Waals surface area contributed by atoms with Gasteiger partial charge >= 0.3 is 0 Å². The number of aromatic amines is 1. The van der Waals surface area contributed by atoms with Crippen LogP contribution in [0.15, 0.2) is 45.3 Å². The molecule has 96 valence electrons. The van der Waals surface area contributed by atoms with Crippen LogP contribution in [0.1, 0.15) is 0 Å². The fraction of sp³-hybridized carbons (Fsp3) is 0.0714. The van der Waals surface area contributed by atoms with Crippen LogP contribution in [0.5, 0.6) is 5.75 Å². The first-order chi connectivity index (χ1) is 9.15. The van der Waals surface area contributed by atoms with Crippen molar-refractivity contribution in [1.82, 2.24) is 9.97 Å². The Labute approximate surface area is 127 Å². The van der Waals surface area contributed by atoms with Crippen LogP contribution in [0.2, 0.25) is 0 Å². The Morgan fingerprint density at radius 1 is 1.05 bits per heavy atom. The Hall–Kier alpha value is -1.33. The number of benzene rings is 2. The average Bonchev–Trinajstić information content (AvgIpc) is 2.80. The van der Waals surface area contributed by atoms with E-state index in [0.29, 0.717) is 0 Å². The second kappa shape index (κ2) is 4.98. The number of hydrogen-bond acceptors (Lipinski definition) is 2. The van der Waals surface area contributed by atoms with Crippen LogP contribution in [0.3, 0.4) is 0 Å². The molecule has 1 N–H and O–H groups in total. The van der Waals surface area contributed by atoms with Gasteiger partial charge < -0.3 is 9.72 Å². The van der Waals surface area contributed by atoms with Gasteiger partial charge in [-0.1, -0.05) is 31.9 Å². The molecule has 0 aliphatic carbocycles. The summed E-state index contributed by atoms with van der Waals surface area (Å²) in [4.78, 5) is 7.90. The topological polar surface area (TPSA) is 37.9 Å². The first-order valence-corrected chi connectivity index (χ1v) is 7.24. The van der Waals surface area contributed by atoms with Crippen LogP contribution < -0.4 is 4.74 Å². The van der Waals surface area contributed by atoms with E-state index in [0.717, 1.165) is 37.1 Å². The normalized spacial score (nSPS) is 10.9. The van der Waals surface area contributed by atoms with Gasteiger partial charge in [0.1, 0.15) is 11.6 Å². The number of fused-ring (bicyclic) bond motifs is 1. The number of hydrogen-bond donors (Lipinski definition) is 1. The molecule has 0 amide bonds. The third-order valence-corrected chi connectivity index (χ3v) is 3.74. The van der Waals surface area contributed by atoms with E-state index in [2.05, 4.69) is 41.8 Å². The van der Waals surface area contributed by atoms with Gasteiger partial charge in [0.2, 0.25) is 0 Å². The van der Waals surface area contributed by atoms with Crippen LogP contribution in [-0.2, 0) is 0 Å². The number of nitrogens with zero attached hydrogens (tertiary/aromatic N) is 1. The predicted molar refractivity (Wildman–Crippen MR) is 83.5 cm³/mol. The number of aromatic nitrogens is 2. The maximum absolute atomic E-state index is 5.21. The molecule has 0 bridgehead atoms. The molecule has 0 atom stereocenters. The zero-order chi connectivity index (χ0) is 13.4. The largest absolute Gasteiger partial charge is 0.497 e. The van der Waals surface area contributed by atoms with E-state index in [1.807, 2.05) is 36.4 Å². The summed E-state index contributed by atoms with van der Waals surface area (Å²) in [5.41, 5.74) is 2.91. The first-order valence-electron chi connectivity index (χ1n) is 5.66. The van der Waals surface area contributed by atoms with E-state index in [4.69, 9.17) is 4.74 Å². The monoisotopic (exact) mass is 380 g/mol. The number of rotatable bonds is 2. The molecule has 0 saturated carbocycles. The summed E-state index contributed by atoms with van der Waals surface area (Å²) in [5, 5.41) is 0. The summed E-state index contributed by atoms with van der Waals surface area (Å²) >= 11 is 6.97. The van der Waals surface area contributed by atoms with Gasteiger partial charge in [0.15, 0.2) is 0 Å². The summed E-state index contributed by atoms with van der Waals surface area (Å²) in [7, 11) is 1.66. The van der Waals surface area contributed by atoms with Gasteiger partial charge in [0.05, 0.1) is 18.1 Å². The molecule has 0 saturated heterocycles. The fourth-order valence-electron chi connectivity index (χ4n) is 1.94. The number of methoxy groups -OCH3 is 1. The van der Waals surface area contributed by atoms with Crippen molar-refractivity contribution in [2.75, 3.05) is 7.11 Å². The molecule has 0 aliphatic rings. The Bertz CT molecular complexity index is 732. The molecular formula is C14H10Br2N2O. The molecule has 1 aromatic heterocycles. The van der Waals surface area contributed by atoms with Crippen LogP contribution in [0.25, 0.3) is 22.4 Å². The second-order valence-corrected chi connectivity index (χ2v) is 5.96.